The first kappa shape index (κ1) is 18.5. The number of aromatic hydroxyl groups is 1. The summed E-state index contributed by atoms with van der Waals surface area (Å²) >= 11 is 1.70. The van der Waals surface area contributed by atoms with Crippen LogP contribution in [0.2, 0.25) is 0 Å². The molecule has 2 aromatic heterocycles. The van der Waals surface area contributed by atoms with Gasteiger partial charge in [0.25, 0.3) is 0 Å². The number of piperidine rings is 1. The highest BCUT2D eigenvalue weighted by Crippen LogP contribution is 2.41. The predicted molar refractivity (Wildman–Crippen MR) is 107 cm³/mol. The van der Waals surface area contributed by atoms with Crippen LogP contribution in [0, 0.1) is 5.82 Å². The molecule has 29 heavy (non-hydrogen) atoms. The van der Waals surface area contributed by atoms with Crippen molar-refractivity contribution in [3.05, 3.63) is 42.9 Å². The van der Waals surface area contributed by atoms with Crippen molar-refractivity contribution in [2.45, 2.75) is 54.5 Å². The number of thioether (sulfide) groups is 1. The quantitative estimate of drug-likeness (QED) is 0.679. The van der Waals surface area contributed by atoms with Gasteiger partial charge in [-0.15, -0.1) is 10.2 Å². The molecule has 0 aliphatic carbocycles. The first-order valence-electron chi connectivity index (χ1n) is 9.64. The second-order valence-electron chi connectivity index (χ2n) is 8.03. The van der Waals surface area contributed by atoms with Crippen molar-refractivity contribution in [2.24, 2.45) is 0 Å². The van der Waals surface area contributed by atoms with Gasteiger partial charge in [0.15, 0.2) is 5.82 Å². The number of hydrogen-bond acceptors (Lipinski definition) is 7. The zero-order valence-corrected chi connectivity index (χ0v) is 16.7. The number of nitrogens with one attached hydrogen (secondary N) is 1. The maximum atomic E-state index is 14.5. The van der Waals surface area contributed by atoms with Crippen LogP contribution >= 0.6 is 11.8 Å². The summed E-state index contributed by atoms with van der Waals surface area (Å²) in [7, 11) is 0. The fourth-order valence-electron chi connectivity index (χ4n) is 4.40. The summed E-state index contributed by atoms with van der Waals surface area (Å²) in [5.74, 6) is -0.420. The molecule has 7 nitrogen and oxygen atoms in total. The van der Waals surface area contributed by atoms with E-state index in [0.29, 0.717) is 11.3 Å². The Morgan fingerprint density at radius 1 is 1.34 bits per heavy atom. The van der Waals surface area contributed by atoms with E-state index in [2.05, 4.69) is 32.4 Å². The average molecular weight is 412 g/mol. The molecule has 2 saturated heterocycles. The molecule has 0 radical (unpaired) electrons. The molecule has 0 saturated carbocycles. The maximum Gasteiger partial charge on any atom is 0.185 e. The van der Waals surface area contributed by atoms with Crippen LogP contribution < -0.4 is 5.32 Å². The highest BCUT2D eigenvalue weighted by molar-refractivity contribution is 7.99. The maximum absolute atomic E-state index is 14.5. The minimum Gasteiger partial charge on any atom is -0.507 e. The highest BCUT2D eigenvalue weighted by atomic mass is 32.2. The Balaban J connectivity index is 1.35. The molecule has 4 heterocycles. The molecule has 3 aromatic rings. The van der Waals surface area contributed by atoms with Crippen molar-refractivity contribution in [3.63, 3.8) is 0 Å². The van der Waals surface area contributed by atoms with Crippen molar-refractivity contribution in [1.82, 2.24) is 30.0 Å². The summed E-state index contributed by atoms with van der Waals surface area (Å²) < 4.78 is 16.0. The van der Waals surface area contributed by atoms with E-state index >= 15 is 0 Å². The average Bonchev–Trinajstić information content (AvgIpc) is 3.32. The minimum absolute atomic E-state index is 0.111. The van der Waals surface area contributed by atoms with Crippen molar-refractivity contribution >= 4 is 11.8 Å². The summed E-state index contributed by atoms with van der Waals surface area (Å²) in [6, 6.07) is 3.14. The fourth-order valence-corrected chi connectivity index (χ4v) is 5.73. The van der Waals surface area contributed by atoms with E-state index in [1.165, 1.54) is 35.9 Å². The SMILES string of the molecule is C[C@]12CCC(C[C@@H](Sc3cnc(-c4cc(F)c(-n5ccnc5)cc4O)nn3)C1)N2. The third-order valence-corrected chi connectivity index (χ3v) is 6.86. The van der Waals surface area contributed by atoms with Crippen LogP contribution in [0.3, 0.4) is 0 Å². The molecular formula is C20H21FN6OS. The van der Waals surface area contributed by atoms with E-state index < -0.39 is 5.82 Å². The Morgan fingerprint density at radius 3 is 2.97 bits per heavy atom. The van der Waals surface area contributed by atoms with Gasteiger partial charge in [-0.05, 0) is 38.7 Å². The van der Waals surface area contributed by atoms with Gasteiger partial charge in [0, 0.05) is 35.3 Å². The van der Waals surface area contributed by atoms with Gasteiger partial charge in [0.1, 0.15) is 16.6 Å². The monoisotopic (exact) mass is 412 g/mol. The molecule has 2 N–H and O–H groups in total. The van der Waals surface area contributed by atoms with Gasteiger partial charge in [0.2, 0.25) is 0 Å². The summed E-state index contributed by atoms with van der Waals surface area (Å²) in [4.78, 5) is 8.22. The Bertz CT molecular complexity index is 1030. The third kappa shape index (κ3) is 3.60. The van der Waals surface area contributed by atoms with Crippen LogP contribution in [0.4, 0.5) is 4.39 Å². The molecule has 150 valence electrons. The summed E-state index contributed by atoms with van der Waals surface area (Å²) in [5, 5.41) is 23.7. The molecule has 2 aliphatic rings. The van der Waals surface area contributed by atoms with Crippen LogP contribution in [0.1, 0.15) is 32.6 Å². The number of benzene rings is 1. The van der Waals surface area contributed by atoms with Crippen LogP contribution in [0.5, 0.6) is 5.75 Å². The topological polar surface area (TPSA) is 88.8 Å². The molecule has 0 amide bonds. The third-order valence-electron chi connectivity index (χ3n) is 5.74. The molecule has 9 heteroatoms. The molecule has 0 spiro atoms. The predicted octanol–water partition coefficient (Wildman–Crippen LogP) is 3.33. The number of aromatic nitrogens is 5. The van der Waals surface area contributed by atoms with Crippen molar-refractivity contribution < 1.29 is 9.50 Å². The van der Waals surface area contributed by atoms with E-state index in [1.807, 2.05) is 0 Å². The van der Waals surface area contributed by atoms with Crippen molar-refractivity contribution in [1.29, 1.82) is 0 Å². The number of phenols is 1. The molecular weight excluding hydrogens is 391 g/mol. The van der Waals surface area contributed by atoms with Gasteiger partial charge < -0.3 is 15.0 Å². The van der Waals surface area contributed by atoms with Crippen LogP contribution in [0.15, 0.2) is 42.1 Å². The van der Waals surface area contributed by atoms with Gasteiger partial charge in [0.05, 0.1) is 23.8 Å². The lowest BCUT2D eigenvalue weighted by atomic mass is 9.93. The van der Waals surface area contributed by atoms with Gasteiger partial charge in [-0.25, -0.2) is 14.4 Å². The molecule has 3 atom stereocenters. The van der Waals surface area contributed by atoms with Crippen molar-refractivity contribution in [3.8, 4) is 22.8 Å². The number of rotatable bonds is 4. The number of hydrogen-bond donors (Lipinski definition) is 2. The Labute approximate surface area is 171 Å². The van der Waals surface area contributed by atoms with E-state index in [1.54, 1.807) is 30.4 Å². The molecule has 2 fully saturated rings. The lowest BCUT2D eigenvalue weighted by Crippen LogP contribution is -2.48. The molecule has 1 unspecified atom stereocenters. The van der Waals surface area contributed by atoms with E-state index in [4.69, 9.17) is 0 Å². The van der Waals surface area contributed by atoms with Crippen molar-refractivity contribution in [2.75, 3.05) is 0 Å². The van der Waals surface area contributed by atoms with Crippen LogP contribution in [0.25, 0.3) is 17.1 Å². The van der Waals surface area contributed by atoms with Gasteiger partial charge in [-0.3, -0.25) is 0 Å². The lowest BCUT2D eigenvalue weighted by Gasteiger charge is -2.35. The normalized spacial score (nSPS) is 26.0. The Kier molecular flexibility index (Phi) is 4.51. The minimum atomic E-state index is -0.503. The molecule has 2 bridgehead atoms. The summed E-state index contributed by atoms with van der Waals surface area (Å²) in [6.07, 6.45) is 10.9. The smallest absolute Gasteiger partial charge is 0.185 e. The summed E-state index contributed by atoms with van der Waals surface area (Å²) in [5.41, 5.74) is 0.641. The molecule has 2 aliphatic heterocycles. The number of fused-ring (bicyclic) bond motifs is 2. The zero-order chi connectivity index (χ0) is 20.0. The molecule has 5 rings (SSSR count). The van der Waals surface area contributed by atoms with Gasteiger partial charge in [-0.2, -0.15) is 0 Å². The second kappa shape index (κ2) is 7.07. The van der Waals surface area contributed by atoms with E-state index in [9.17, 15) is 9.50 Å². The highest BCUT2D eigenvalue weighted by Gasteiger charge is 2.42. The van der Waals surface area contributed by atoms with E-state index in [0.717, 1.165) is 17.9 Å². The van der Waals surface area contributed by atoms with E-state index in [-0.39, 0.29) is 28.4 Å². The van der Waals surface area contributed by atoms with Gasteiger partial charge in [-0.1, -0.05) is 11.8 Å². The van der Waals surface area contributed by atoms with Gasteiger partial charge >= 0.3 is 0 Å². The largest absolute Gasteiger partial charge is 0.507 e. The lowest BCUT2D eigenvalue weighted by molar-refractivity contribution is 0.307. The number of nitrogens with zero attached hydrogens (tertiary/aromatic N) is 5. The standard InChI is InChI=1S/C20H21FN6OS/c1-20-3-2-12(24-20)6-13(9-20)29-18-10-23-19(26-25-18)14-7-15(21)16(8-17(14)28)27-5-4-22-11-27/h4-5,7-8,10-13,24,28H,2-3,6,9H2,1H3/t12?,13-,20+/m1/s1. The Hall–Kier alpha value is -2.52. The van der Waals surface area contributed by atoms with Crippen LogP contribution in [-0.2, 0) is 0 Å². The second-order valence-corrected chi connectivity index (χ2v) is 9.35. The summed E-state index contributed by atoms with van der Waals surface area (Å²) in [6.45, 7) is 2.29. The first-order chi connectivity index (χ1) is 14.0. The number of phenolic OH excluding ortho intramolecular Hbond substituents is 1. The number of halogens is 1. The first-order valence-corrected chi connectivity index (χ1v) is 10.5. The Morgan fingerprint density at radius 2 is 2.24 bits per heavy atom. The number of imidazole rings is 1. The molecule has 1 aromatic carbocycles. The van der Waals surface area contributed by atoms with Crippen LogP contribution in [-0.4, -0.2) is 46.7 Å². The zero-order valence-electron chi connectivity index (χ0n) is 15.9. The fraction of sp³-hybridized carbons (Fsp3) is 0.400.